The first-order valence-electron chi connectivity index (χ1n) is 9.30. The molecule has 0 saturated heterocycles. The summed E-state index contributed by atoms with van der Waals surface area (Å²) in [6.07, 6.45) is 9.33. The van der Waals surface area contributed by atoms with Gasteiger partial charge in [0.05, 0.1) is 12.0 Å². The zero-order valence-electron chi connectivity index (χ0n) is 14.8. The highest BCUT2D eigenvalue weighted by Crippen LogP contribution is 2.38. The second kappa shape index (κ2) is 6.23. The molecule has 1 aliphatic carbocycles. The number of aromatic nitrogens is 3. The number of furan rings is 1. The molecule has 0 amide bonds. The fraction of sp³-hybridized carbons (Fsp3) is 0.286. The highest BCUT2D eigenvalue weighted by molar-refractivity contribution is 5.87. The van der Waals surface area contributed by atoms with Crippen molar-refractivity contribution in [3.05, 3.63) is 54.2 Å². The minimum atomic E-state index is -1.03. The van der Waals surface area contributed by atoms with Gasteiger partial charge in [0.25, 0.3) is 0 Å². The van der Waals surface area contributed by atoms with E-state index in [0.717, 1.165) is 40.6 Å². The average Bonchev–Trinajstić information content (AvgIpc) is 3.34. The first-order chi connectivity index (χ1) is 13.2. The van der Waals surface area contributed by atoms with Crippen LogP contribution >= 0.6 is 0 Å². The number of carboxylic acid groups (broad SMARTS) is 1. The first kappa shape index (κ1) is 16.1. The van der Waals surface area contributed by atoms with Crippen LogP contribution in [0.15, 0.2) is 47.2 Å². The van der Waals surface area contributed by atoms with Crippen LogP contribution in [-0.2, 0) is 0 Å². The lowest BCUT2D eigenvalue weighted by molar-refractivity contribution is 0.0690. The van der Waals surface area contributed by atoms with Gasteiger partial charge < -0.3 is 9.52 Å². The molecule has 3 heterocycles. The molecule has 1 fully saturated rings. The van der Waals surface area contributed by atoms with Crippen LogP contribution in [0.25, 0.3) is 27.7 Å². The van der Waals surface area contributed by atoms with Crippen molar-refractivity contribution in [2.24, 2.45) is 0 Å². The van der Waals surface area contributed by atoms with Gasteiger partial charge in [-0.15, -0.1) is 0 Å². The van der Waals surface area contributed by atoms with Gasteiger partial charge in [0.2, 0.25) is 0 Å². The van der Waals surface area contributed by atoms with Gasteiger partial charge in [-0.2, -0.15) is 5.10 Å². The van der Waals surface area contributed by atoms with Gasteiger partial charge in [-0.25, -0.2) is 14.3 Å². The van der Waals surface area contributed by atoms with Crippen molar-refractivity contribution in [3.8, 4) is 11.1 Å². The lowest BCUT2D eigenvalue weighted by Crippen LogP contribution is -2.13. The van der Waals surface area contributed by atoms with Crippen molar-refractivity contribution in [3.63, 3.8) is 0 Å². The van der Waals surface area contributed by atoms with Gasteiger partial charge in [-0.3, -0.25) is 0 Å². The molecule has 1 N–H and O–H groups in total. The number of aromatic carboxylic acids is 1. The second-order valence-electron chi connectivity index (χ2n) is 7.17. The largest absolute Gasteiger partial charge is 0.476 e. The van der Waals surface area contributed by atoms with Crippen LogP contribution in [0.2, 0.25) is 0 Å². The zero-order valence-corrected chi connectivity index (χ0v) is 14.8. The standard InChI is InChI=1S/C21H19N3O3/c25-21(26)17-11-19-22-12-16(14-6-7-18-15(10-14)8-9-27-18)20(24(19)23-17)13-4-2-1-3-5-13/h6-13H,1-5H2,(H,25,26). The van der Waals surface area contributed by atoms with Crippen LogP contribution in [0.3, 0.4) is 0 Å². The number of hydrogen-bond donors (Lipinski definition) is 1. The van der Waals surface area contributed by atoms with Crippen LogP contribution in [0.4, 0.5) is 0 Å². The third-order valence-corrected chi connectivity index (χ3v) is 5.50. The maximum absolute atomic E-state index is 11.4. The van der Waals surface area contributed by atoms with Gasteiger partial charge in [0.1, 0.15) is 5.58 Å². The van der Waals surface area contributed by atoms with E-state index in [1.165, 1.54) is 25.3 Å². The summed E-state index contributed by atoms with van der Waals surface area (Å²) in [6.45, 7) is 0. The molecule has 0 aliphatic heterocycles. The fourth-order valence-electron chi connectivity index (χ4n) is 4.18. The second-order valence-corrected chi connectivity index (χ2v) is 7.17. The van der Waals surface area contributed by atoms with Crippen molar-refractivity contribution in [1.29, 1.82) is 0 Å². The summed E-state index contributed by atoms with van der Waals surface area (Å²) in [7, 11) is 0. The molecule has 136 valence electrons. The van der Waals surface area contributed by atoms with Gasteiger partial charge in [0, 0.05) is 29.1 Å². The van der Waals surface area contributed by atoms with E-state index in [4.69, 9.17) is 4.42 Å². The molecule has 1 saturated carbocycles. The number of rotatable bonds is 3. The van der Waals surface area contributed by atoms with Crippen LogP contribution in [0.5, 0.6) is 0 Å². The van der Waals surface area contributed by atoms with E-state index in [0.29, 0.717) is 11.6 Å². The van der Waals surface area contributed by atoms with E-state index in [1.807, 2.05) is 24.4 Å². The summed E-state index contributed by atoms with van der Waals surface area (Å²) < 4.78 is 7.20. The van der Waals surface area contributed by atoms with Crippen molar-refractivity contribution >= 4 is 22.6 Å². The maximum Gasteiger partial charge on any atom is 0.356 e. The molecule has 3 aromatic heterocycles. The molecular formula is C21H19N3O3. The van der Waals surface area contributed by atoms with E-state index < -0.39 is 5.97 Å². The predicted molar refractivity (Wildman–Crippen MR) is 101 cm³/mol. The van der Waals surface area contributed by atoms with Crippen LogP contribution < -0.4 is 0 Å². The van der Waals surface area contributed by atoms with E-state index in [2.05, 4.69) is 16.1 Å². The molecule has 6 heteroatoms. The van der Waals surface area contributed by atoms with Gasteiger partial charge >= 0.3 is 5.97 Å². The van der Waals surface area contributed by atoms with Gasteiger partial charge in [-0.05, 0) is 36.6 Å². The Kier molecular flexibility index (Phi) is 3.70. The number of benzene rings is 1. The molecular weight excluding hydrogens is 342 g/mol. The highest BCUT2D eigenvalue weighted by atomic mass is 16.4. The SMILES string of the molecule is O=C(O)c1cc2ncc(-c3ccc4occc4c3)c(C3CCCCC3)n2n1. The molecule has 0 radical (unpaired) electrons. The molecule has 0 spiro atoms. The summed E-state index contributed by atoms with van der Waals surface area (Å²) in [6, 6.07) is 9.57. The van der Waals surface area contributed by atoms with Crippen molar-refractivity contribution < 1.29 is 14.3 Å². The monoisotopic (exact) mass is 361 g/mol. The number of nitrogens with zero attached hydrogens (tertiary/aromatic N) is 3. The number of hydrogen-bond acceptors (Lipinski definition) is 4. The Hall–Kier alpha value is -3.15. The Balaban J connectivity index is 1.75. The first-order valence-corrected chi connectivity index (χ1v) is 9.30. The fourth-order valence-corrected chi connectivity index (χ4v) is 4.18. The third-order valence-electron chi connectivity index (χ3n) is 5.50. The van der Waals surface area contributed by atoms with Crippen molar-refractivity contribution in [1.82, 2.24) is 14.6 Å². The highest BCUT2D eigenvalue weighted by Gasteiger charge is 2.24. The number of carboxylic acids is 1. The summed E-state index contributed by atoms with van der Waals surface area (Å²) in [5, 5.41) is 14.8. The van der Waals surface area contributed by atoms with Crippen molar-refractivity contribution in [2.45, 2.75) is 38.0 Å². The Morgan fingerprint density at radius 3 is 2.81 bits per heavy atom. The van der Waals surface area contributed by atoms with Crippen molar-refractivity contribution in [2.75, 3.05) is 0 Å². The Morgan fingerprint density at radius 1 is 1.15 bits per heavy atom. The molecule has 1 aliphatic rings. The summed E-state index contributed by atoms with van der Waals surface area (Å²) >= 11 is 0. The topological polar surface area (TPSA) is 80.6 Å². The number of carbonyl (C=O) groups is 1. The van der Waals surface area contributed by atoms with E-state index in [-0.39, 0.29) is 5.69 Å². The minimum Gasteiger partial charge on any atom is -0.476 e. The summed E-state index contributed by atoms with van der Waals surface area (Å²) in [5.41, 5.74) is 4.58. The van der Waals surface area contributed by atoms with E-state index in [1.54, 1.807) is 10.8 Å². The third kappa shape index (κ3) is 2.68. The Bertz CT molecular complexity index is 1150. The van der Waals surface area contributed by atoms with Crippen LogP contribution in [0.1, 0.15) is 54.2 Å². The maximum atomic E-state index is 11.4. The lowest BCUT2D eigenvalue weighted by Gasteiger charge is -2.24. The average molecular weight is 361 g/mol. The molecule has 4 aromatic rings. The molecule has 0 atom stereocenters. The van der Waals surface area contributed by atoms with Gasteiger partial charge in [0.15, 0.2) is 11.3 Å². The normalized spacial score (nSPS) is 15.6. The van der Waals surface area contributed by atoms with E-state index >= 15 is 0 Å². The Labute approximate surface area is 155 Å². The lowest BCUT2D eigenvalue weighted by atomic mass is 9.84. The molecule has 27 heavy (non-hydrogen) atoms. The smallest absolute Gasteiger partial charge is 0.356 e. The predicted octanol–water partition coefficient (Wildman–Crippen LogP) is 4.89. The molecule has 0 bridgehead atoms. The quantitative estimate of drug-likeness (QED) is 0.562. The van der Waals surface area contributed by atoms with E-state index in [9.17, 15) is 9.90 Å². The zero-order chi connectivity index (χ0) is 18.4. The molecule has 1 aromatic carbocycles. The summed E-state index contributed by atoms with van der Waals surface area (Å²) in [5.74, 6) is -0.683. The molecule has 6 nitrogen and oxygen atoms in total. The molecule has 0 unspecified atom stereocenters. The van der Waals surface area contributed by atoms with Gasteiger partial charge in [-0.1, -0.05) is 25.3 Å². The van der Waals surface area contributed by atoms with Crippen LogP contribution in [0, 0.1) is 0 Å². The summed E-state index contributed by atoms with van der Waals surface area (Å²) in [4.78, 5) is 15.9. The Morgan fingerprint density at radius 2 is 2.00 bits per heavy atom. The minimum absolute atomic E-state index is 0.0296. The number of fused-ring (bicyclic) bond motifs is 2. The molecule has 5 rings (SSSR count). The van der Waals surface area contributed by atoms with Crippen LogP contribution in [-0.4, -0.2) is 25.7 Å².